The number of benzene rings is 1. The van der Waals surface area contributed by atoms with Crippen LogP contribution in [0.3, 0.4) is 0 Å². The highest BCUT2D eigenvalue weighted by Crippen LogP contribution is 2.14. The largest absolute Gasteiger partial charge is 0.348 e. The lowest BCUT2D eigenvalue weighted by Gasteiger charge is -2.22. The number of aromatic nitrogens is 4. The summed E-state index contributed by atoms with van der Waals surface area (Å²) >= 11 is 0. The van der Waals surface area contributed by atoms with Crippen LogP contribution in [0.1, 0.15) is 35.3 Å². The van der Waals surface area contributed by atoms with Gasteiger partial charge >= 0.3 is 0 Å². The Bertz CT molecular complexity index is 891. The molecule has 0 aliphatic rings. The second kappa shape index (κ2) is 8.55. The lowest BCUT2D eigenvalue weighted by atomic mass is 10.1. The second-order valence-electron chi connectivity index (χ2n) is 6.67. The molecule has 1 N–H and O–H groups in total. The van der Waals surface area contributed by atoms with Crippen LogP contribution in [-0.2, 0) is 13.1 Å². The number of nitrogens with one attached hydrogen (secondary N) is 1. The summed E-state index contributed by atoms with van der Waals surface area (Å²) in [6.07, 6.45) is 4.57. The third kappa shape index (κ3) is 4.57. The Balaban J connectivity index is 1.74. The summed E-state index contributed by atoms with van der Waals surface area (Å²) in [6, 6.07) is 12.1. The second-order valence-corrected chi connectivity index (χ2v) is 6.67. The number of nitrogens with zero attached hydrogens (tertiary/aromatic N) is 5. The maximum Gasteiger partial charge on any atom is 0.255 e. The van der Waals surface area contributed by atoms with Gasteiger partial charge in [-0.1, -0.05) is 24.3 Å². The number of pyridine rings is 1. The van der Waals surface area contributed by atoms with E-state index in [9.17, 15) is 4.79 Å². The van der Waals surface area contributed by atoms with Crippen LogP contribution in [0.5, 0.6) is 0 Å². The van der Waals surface area contributed by atoms with Crippen molar-refractivity contribution in [1.29, 1.82) is 0 Å². The van der Waals surface area contributed by atoms with E-state index in [-0.39, 0.29) is 5.91 Å². The summed E-state index contributed by atoms with van der Waals surface area (Å²) in [4.78, 5) is 23.2. The quantitative estimate of drug-likeness (QED) is 0.697. The Morgan fingerprint density at radius 2 is 1.96 bits per heavy atom. The van der Waals surface area contributed by atoms with Gasteiger partial charge in [0.1, 0.15) is 12.7 Å². The molecule has 0 radical (unpaired) electrons. The van der Waals surface area contributed by atoms with E-state index in [1.165, 1.54) is 22.9 Å². The van der Waals surface area contributed by atoms with Gasteiger partial charge < -0.3 is 5.32 Å². The van der Waals surface area contributed by atoms with Gasteiger partial charge in [-0.2, -0.15) is 5.10 Å². The molecule has 3 rings (SSSR count). The highest BCUT2D eigenvalue weighted by Gasteiger charge is 2.15. The van der Waals surface area contributed by atoms with Gasteiger partial charge in [0, 0.05) is 25.3 Å². The van der Waals surface area contributed by atoms with Crippen LogP contribution >= 0.6 is 0 Å². The number of amides is 1. The first-order valence-electron chi connectivity index (χ1n) is 8.91. The van der Waals surface area contributed by atoms with Crippen molar-refractivity contribution in [2.75, 3.05) is 7.05 Å². The van der Waals surface area contributed by atoms with Gasteiger partial charge in [0.15, 0.2) is 5.82 Å². The van der Waals surface area contributed by atoms with Crippen molar-refractivity contribution >= 4 is 5.91 Å². The Kier molecular flexibility index (Phi) is 5.93. The van der Waals surface area contributed by atoms with Crippen LogP contribution in [-0.4, -0.2) is 43.6 Å². The standard InChI is InChI=1S/C20H24N6O/c1-15(2)25(3)12-17-8-5-4-7-16(17)11-23-20(27)18-9-6-10-22-19(18)26-14-21-13-24-26/h4-10,13-15H,11-12H2,1-3H3,(H,23,27). The Morgan fingerprint density at radius 1 is 1.19 bits per heavy atom. The fourth-order valence-electron chi connectivity index (χ4n) is 2.68. The minimum absolute atomic E-state index is 0.194. The molecule has 0 saturated carbocycles. The van der Waals surface area contributed by atoms with Gasteiger partial charge in [0.05, 0.1) is 5.56 Å². The first-order valence-corrected chi connectivity index (χ1v) is 8.91. The smallest absolute Gasteiger partial charge is 0.255 e. The van der Waals surface area contributed by atoms with Crippen LogP contribution < -0.4 is 5.32 Å². The molecule has 0 saturated heterocycles. The first-order chi connectivity index (χ1) is 13.1. The molecule has 0 fully saturated rings. The maximum atomic E-state index is 12.8. The van der Waals surface area contributed by atoms with Crippen molar-refractivity contribution in [2.45, 2.75) is 33.0 Å². The van der Waals surface area contributed by atoms with E-state index in [2.05, 4.69) is 52.2 Å². The molecule has 3 aromatic rings. The van der Waals surface area contributed by atoms with Crippen LogP contribution in [0, 0.1) is 0 Å². The minimum Gasteiger partial charge on any atom is -0.348 e. The average Bonchev–Trinajstić information content (AvgIpc) is 3.21. The molecule has 0 unspecified atom stereocenters. The number of rotatable bonds is 7. The predicted molar refractivity (Wildman–Crippen MR) is 103 cm³/mol. The zero-order valence-corrected chi connectivity index (χ0v) is 15.8. The fraction of sp³-hybridized carbons (Fsp3) is 0.300. The summed E-state index contributed by atoms with van der Waals surface area (Å²) in [5.41, 5.74) is 2.76. The summed E-state index contributed by atoms with van der Waals surface area (Å²) in [5, 5.41) is 7.07. The number of hydrogen-bond acceptors (Lipinski definition) is 5. The van der Waals surface area contributed by atoms with E-state index >= 15 is 0 Å². The van der Waals surface area contributed by atoms with Gasteiger partial charge in [-0.15, -0.1) is 0 Å². The number of carbonyl (C=O) groups is 1. The van der Waals surface area contributed by atoms with Gasteiger partial charge in [-0.05, 0) is 44.2 Å². The van der Waals surface area contributed by atoms with Crippen molar-refractivity contribution in [3.8, 4) is 5.82 Å². The molecule has 7 heteroatoms. The normalized spacial score (nSPS) is 11.1. The third-order valence-electron chi connectivity index (χ3n) is 4.53. The molecule has 27 heavy (non-hydrogen) atoms. The zero-order chi connectivity index (χ0) is 19.2. The van der Waals surface area contributed by atoms with Crippen LogP contribution in [0.4, 0.5) is 0 Å². The van der Waals surface area contributed by atoms with Crippen molar-refractivity contribution in [3.63, 3.8) is 0 Å². The van der Waals surface area contributed by atoms with Crippen molar-refractivity contribution < 1.29 is 4.79 Å². The monoisotopic (exact) mass is 364 g/mol. The Morgan fingerprint density at radius 3 is 2.67 bits per heavy atom. The molecule has 0 aliphatic carbocycles. The van der Waals surface area contributed by atoms with E-state index in [1.54, 1.807) is 18.3 Å². The van der Waals surface area contributed by atoms with Gasteiger partial charge in [0.2, 0.25) is 0 Å². The Hall–Kier alpha value is -3.06. The third-order valence-corrected chi connectivity index (χ3v) is 4.53. The predicted octanol–water partition coefficient (Wildman–Crippen LogP) is 2.43. The van der Waals surface area contributed by atoms with Crippen LogP contribution in [0.2, 0.25) is 0 Å². The van der Waals surface area contributed by atoms with Crippen molar-refractivity contribution in [2.24, 2.45) is 0 Å². The molecule has 1 amide bonds. The number of carbonyl (C=O) groups excluding carboxylic acids is 1. The lowest BCUT2D eigenvalue weighted by Crippen LogP contribution is -2.28. The molecule has 2 aromatic heterocycles. The summed E-state index contributed by atoms with van der Waals surface area (Å²) in [7, 11) is 2.10. The maximum absolute atomic E-state index is 12.8. The highest BCUT2D eigenvalue weighted by atomic mass is 16.1. The molecule has 0 aliphatic heterocycles. The lowest BCUT2D eigenvalue weighted by molar-refractivity contribution is 0.0950. The molecule has 1 aromatic carbocycles. The zero-order valence-electron chi connectivity index (χ0n) is 15.8. The molecule has 2 heterocycles. The van der Waals surface area contributed by atoms with Gasteiger partial charge in [-0.25, -0.2) is 14.6 Å². The minimum atomic E-state index is -0.194. The van der Waals surface area contributed by atoms with Crippen LogP contribution in [0.15, 0.2) is 55.2 Å². The van der Waals surface area contributed by atoms with E-state index < -0.39 is 0 Å². The summed E-state index contributed by atoms with van der Waals surface area (Å²) in [6.45, 7) is 5.62. The van der Waals surface area contributed by atoms with Crippen molar-refractivity contribution in [1.82, 2.24) is 30.0 Å². The Labute approximate surface area is 159 Å². The molecule has 0 bridgehead atoms. The molecule has 0 spiro atoms. The van der Waals surface area contributed by atoms with Gasteiger partial charge in [-0.3, -0.25) is 9.69 Å². The van der Waals surface area contributed by atoms with E-state index in [1.807, 2.05) is 18.2 Å². The topological polar surface area (TPSA) is 75.9 Å². The average molecular weight is 364 g/mol. The fourth-order valence-corrected chi connectivity index (χ4v) is 2.68. The van der Waals surface area contributed by atoms with Gasteiger partial charge in [0.25, 0.3) is 5.91 Å². The number of hydrogen-bond donors (Lipinski definition) is 1. The van der Waals surface area contributed by atoms with Crippen LogP contribution in [0.25, 0.3) is 5.82 Å². The molecular formula is C20H24N6O. The summed E-state index contributed by atoms with van der Waals surface area (Å²) < 4.78 is 1.49. The van der Waals surface area contributed by atoms with E-state index in [0.717, 1.165) is 12.1 Å². The molecular weight excluding hydrogens is 340 g/mol. The molecule has 140 valence electrons. The SMILES string of the molecule is CC(C)N(C)Cc1ccccc1CNC(=O)c1cccnc1-n1cncn1. The van der Waals surface area contributed by atoms with E-state index in [4.69, 9.17) is 0 Å². The summed E-state index contributed by atoms with van der Waals surface area (Å²) in [5.74, 6) is 0.265. The first kappa shape index (κ1) is 18.7. The molecule has 7 nitrogen and oxygen atoms in total. The van der Waals surface area contributed by atoms with Crippen molar-refractivity contribution in [3.05, 3.63) is 71.9 Å². The highest BCUT2D eigenvalue weighted by molar-refractivity contribution is 5.97. The van der Waals surface area contributed by atoms with E-state index in [0.29, 0.717) is 24.0 Å². The molecule has 0 atom stereocenters.